The molecule has 124 valence electrons. The molecule has 0 atom stereocenters. The monoisotopic (exact) mass is 323 g/mol. The van der Waals surface area contributed by atoms with Gasteiger partial charge in [-0.05, 0) is 36.2 Å². The minimum atomic E-state index is 0.101. The number of rotatable bonds is 6. The fraction of sp³-hybridized carbons (Fsp3) is 0.250. The van der Waals surface area contributed by atoms with Gasteiger partial charge in [-0.15, -0.1) is 0 Å². The molecule has 0 saturated heterocycles. The van der Waals surface area contributed by atoms with Crippen molar-refractivity contribution in [3.63, 3.8) is 0 Å². The van der Waals surface area contributed by atoms with Crippen LogP contribution in [0.15, 0.2) is 48.7 Å². The van der Waals surface area contributed by atoms with Gasteiger partial charge >= 0.3 is 0 Å². The van der Waals surface area contributed by atoms with Crippen LogP contribution in [0.1, 0.15) is 22.3 Å². The fourth-order valence-corrected chi connectivity index (χ4v) is 3.03. The molecule has 0 amide bonds. The van der Waals surface area contributed by atoms with Crippen LogP contribution in [0.5, 0.6) is 11.5 Å². The lowest BCUT2D eigenvalue weighted by Crippen LogP contribution is -2.02. The number of aryl methyl sites for hydroxylation is 2. The van der Waals surface area contributed by atoms with E-state index in [1.807, 2.05) is 19.2 Å². The van der Waals surface area contributed by atoms with Crippen LogP contribution in [0.25, 0.3) is 10.9 Å². The zero-order valence-electron chi connectivity index (χ0n) is 14.2. The van der Waals surface area contributed by atoms with Crippen LogP contribution >= 0.6 is 0 Å². The second-order valence-electron chi connectivity index (χ2n) is 5.78. The summed E-state index contributed by atoms with van der Waals surface area (Å²) in [5.41, 5.74) is 3.03. The number of aromatic nitrogens is 1. The number of benzene rings is 2. The largest absolute Gasteiger partial charge is 0.493 e. The van der Waals surface area contributed by atoms with Crippen LogP contribution in [0.4, 0.5) is 0 Å². The van der Waals surface area contributed by atoms with Gasteiger partial charge in [-0.3, -0.25) is 4.79 Å². The maximum atomic E-state index is 12.5. The second-order valence-corrected chi connectivity index (χ2v) is 5.78. The molecule has 4 nitrogen and oxygen atoms in total. The van der Waals surface area contributed by atoms with E-state index in [9.17, 15) is 4.79 Å². The van der Waals surface area contributed by atoms with Crippen molar-refractivity contribution < 1.29 is 14.3 Å². The zero-order chi connectivity index (χ0) is 17.1. The molecule has 24 heavy (non-hydrogen) atoms. The third kappa shape index (κ3) is 3.00. The summed E-state index contributed by atoms with van der Waals surface area (Å²) in [7, 11) is 5.18. The molecule has 2 aromatic carbocycles. The number of fused-ring (bicyclic) bond motifs is 1. The molecule has 1 heterocycles. The molecule has 0 saturated carbocycles. The molecule has 3 aromatic rings. The van der Waals surface area contributed by atoms with Crippen molar-refractivity contribution in [3.8, 4) is 11.5 Å². The maximum absolute atomic E-state index is 12.5. The highest BCUT2D eigenvalue weighted by Gasteiger charge is 2.13. The van der Waals surface area contributed by atoms with E-state index in [0.717, 1.165) is 0 Å². The summed E-state index contributed by atoms with van der Waals surface area (Å²) in [6.45, 7) is 0. The lowest BCUT2D eigenvalue weighted by atomic mass is 10.0. The van der Waals surface area contributed by atoms with E-state index in [4.69, 9.17) is 9.47 Å². The molecule has 0 aliphatic heterocycles. The number of Topliss-reactive ketones (excluding diaryl/α,β-unsaturated/α-hetero) is 1. The van der Waals surface area contributed by atoms with Crippen molar-refractivity contribution in [1.29, 1.82) is 0 Å². The second kappa shape index (κ2) is 6.79. The highest BCUT2D eigenvalue weighted by molar-refractivity contribution is 5.97. The molecule has 4 heteroatoms. The van der Waals surface area contributed by atoms with Gasteiger partial charge in [0.25, 0.3) is 0 Å². The van der Waals surface area contributed by atoms with Gasteiger partial charge in [0.2, 0.25) is 0 Å². The molecule has 0 aliphatic rings. The van der Waals surface area contributed by atoms with Crippen molar-refractivity contribution in [1.82, 2.24) is 4.57 Å². The molecule has 0 spiro atoms. The van der Waals surface area contributed by atoms with Gasteiger partial charge in [0, 0.05) is 36.1 Å². The molecule has 3 rings (SSSR count). The first-order valence-corrected chi connectivity index (χ1v) is 7.92. The van der Waals surface area contributed by atoms with Crippen LogP contribution in [-0.2, 0) is 13.5 Å². The van der Waals surface area contributed by atoms with Crippen molar-refractivity contribution in [2.75, 3.05) is 14.2 Å². The summed E-state index contributed by atoms with van der Waals surface area (Å²) in [5.74, 6) is 1.31. The van der Waals surface area contributed by atoms with Crippen molar-refractivity contribution in [2.45, 2.75) is 12.8 Å². The van der Waals surface area contributed by atoms with Gasteiger partial charge in [0.05, 0.1) is 14.2 Å². The summed E-state index contributed by atoms with van der Waals surface area (Å²) in [4.78, 5) is 12.5. The van der Waals surface area contributed by atoms with Gasteiger partial charge in [0.15, 0.2) is 17.3 Å². The normalized spacial score (nSPS) is 10.8. The number of ether oxygens (including phenoxy) is 2. The van der Waals surface area contributed by atoms with E-state index in [2.05, 4.69) is 22.9 Å². The first-order valence-electron chi connectivity index (χ1n) is 7.92. The highest BCUT2D eigenvalue weighted by Crippen LogP contribution is 2.28. The topological polar surface area (TPSA) is 40.5 Å². The Labute approximate surface area is 141 Å². The first-order chi connectivity index (χ1) is 11.6. The van der Waals surface area contributed by atoms with Crippen LogP contribution < -0.4 is 9.47 Å². The Morgan fingerprint density at radius 2 is 1.79 bits per heavy atom. The van der Waals surface area contributed by atoms with E-state index in [1.165, 1.54) is 16.5 Å². The minimum Gasteiger partial charge on any atom is -0.493 e. The average molecular weight is 323 g/mol. The highest BCUT2D eigenvalue weighted by atomic mass is 16.5. The molecule has 1 aromatic heterocycles. The van der Waals surface area contributed by atoms with E-state index < -0.39 is 0 Å². The molecular weight excluding hydrogens is 302 g/mol. The number of ketones is 1. The quantitative estimate of drug-likeness (QED) is 0.644. The fourth-order valence-electron chi connectivity index (χ4n) is 3.03. The minimum absolute atomic E-state index is 0.101. The number of methoxy groups -OCH3 is 2. The summed E-state index contributed by atoms with van der Waals surface area (Å²) >= 11 is 0. The lowest BCUT2D eigenvalue weighted by Gasteiger charge is -2.09. The Morgan fingerprint density at radius 1 is 1.04 bits per heavy atom. The number of hydrogen-bond acceptors (Lipinski definition) is 3. The Kier molecular flexibility index (Phi) is 4.56. The molecule has 0 bridgehead atoms. The lowest BCUT2D eigenvalue weighted by molar-refractivity contribution is 0.0982. The van der Waals surface area contributed by atoms with Gasteiger partial charge in [-0.1, -0.05) is 18.2 Å². The molecule has 0 radical (unpaired) electrons. The molecule has 0 N–H and O–H groups in total. The zero-order valence-corrected chi connectivity index (χ0v) is 14.2. The summed E-state index contributed by atoms with van der Waals surface area (Å²) in [5, 5.41) is 1.21. The Hall–Kier alpha value is -2.75. The van der Waals surface area contributed by atoms with Gasteiger partial charge < -0.3 is 14.0 Å². The molecule has 0 unspecified atom stereocenters. The summed E-state index contributed by atoms with van der Waals surface area (Å²) < 4.78 is 12.6. The van der Waals surface area contributed by atoms with Gasteiger partial charge in [-0.25, -0.2) is 0 Å². The predicted molar refractivity (Wildman–Crippen MR) is 95.1 cm³/mol. The van der Waals surface area contributed by atoms with Crippen LogP contribution in [0, 0.1) is 0 Å². The molecular formula is C20H21NO3. The number of carbonyl (C=O) groups is 1. The van der Waals surface area contributed by atoms with Crippen molar-refractivity contribution in [3.05, 3.63) is 59.8 Å². The predicted octanol–water partition coefficient (Wildman–Crippen LogP) is 4.01. The standard InChI is InChI=1S/C20H21NO3/c1-21-13-15(16-6-4-5-7-17(16)21)8-10-18(22)14-9-11-19(23-2)20(12-14)24-3/h4-7,9,11-13H,8,10H2,1-3H3. The van der Waals surface area contributed by atoms with E-state index >= 15 is 0 Å². The number of hydrogen-bond donors (Lipinski definition) is 0. The number of para-hydroxylation sites is 1. The Bertz CT molecular complexity index is 880. The maximum Gasteiger partial charge on any atom is 0.163 e. The van der Waals surface area contributed by atoms with Crippen LogP contribution in [0.3, 0.4) is 0 Å². The third-order valence-corrected chi connectivity index (χ3v) is 4.31. The van der Waals surface area contributed by atoms with E-state index in [1.54, 1.807) is 32.4 Å². The average Bonchev–Trinajstić information content (AvgIpc) is 2.95. The van der Waals surface area contributed by atoms with Crippen LogP contribution in [0.2, 0.25) is 0 Å². The number of carbonyl (C=O) groups excluding carboxylic acids is 1. The first kappa shape index (κ1) is 16.1. The smallest absolute Gasteiger partial charge is 0.163 e. The van der Waals surface area contributed by atoms with Crippen LogP contribution in [-0.4, -0.2) is 24.6 Å². The summed E-state index contributed by atoms with van der Waals surface area (Å²) in [6, 6.07) is 13.5. The molecule has 0 aliphatic carbocycles. The van der Waals surface area contributed by atoms with Crippen molar-refractivity contribution >= 4 is 16.7 Å². The summed E-state index contributed by atoms with van der Waals surface area (Å²) in [6.07, 6.45) is 3.28. The van der Waals surface area contributed by atoms with Gasteiger partial charge in [-0.2, -0.15) is 0 Å². The Balaban J connectivity index is 1.78. The molecule has 0 fully saturated rings. The SMILES string of the molecule is COc1ccc(C(=O)CCc2cn(C)c3ccccc23)cc1OC. The van der Waals surface area contributed by atoms with Gasteiger partial charge in [0.1, 0.15) is 0 Å². The third-order valence-electron chi connectivity index (χ3n) is 4.31. The van der Waals surface area contributed by atoms with E-state index in [0.29, 0.717) is 29.9 Å². The van der Waals surface area contributed by atoms with E-state index in [-0.39, 0.29) is 5.78 Å². The Morgan fingerprint density at radius 3 is 2.54 bits per heavy atom. The van der Waals surface area contributed by atoms with Crippen molar-refractivity contribution in [2.24, 2.45) is 7.05 Å². The number of nitrogens with zero attached hydrogens (tertiary/aromatic N) is 1.